The zero-order chi connectivity index (χ0) is 14.7. The van der Waals surface area contributed by atoms with Crippen LogP contribution in [0.15, 0.2) is 12.5 Å². The number of aromatic nitrogens is 4. The molecule has 0 atom stereocenters. The highest BCUT2D eigenvalue weighted by Crippen LogP contribution is 2.28. The first-order valence-electron chi connectivity index (χ1n) is 5.72. The second kappa shape index (κ2) is 5.48. The van der Waals surface area contributed by atoms with Crippen molar-refractivity contribution >= 4 is 17.3 Å². The second-order valence-corrected chi connectivity index (χ2v) is 4.05. The summed E-state index contributed by atoms with van der Waals surface area (Å²) in [5.74, 6) is 5.26. The maximum Gasteiger partial charge on any atom is 0.354 e. The highest BCUT2D eigenvalue weighted by molar-refractivity contribution is 5.68. The molecule has 0 aliphatic rings. The Hall–Kier alpha value is -2.75. The van der Waals surface area contributed by atoms with Crippen molar-refractivity contribution < 1.29 is 4.92 Å². The summed E-state index contributed by atoms with van der Waals surface area (Å²) in [6.45, 7) is 2.27. The smallest absolute Gasteiger partial charge is 0.354 e. The average molecular weight is 278 g/mol. The standard InChI is InChI=1S/C10H14N8O2/c1-6-7(4-15-17(6)2)3-12-9-8(18(19)20)10(16-11)14-5-13-9/h4-5H,3,11H2,1-2H3,(H2,12,13,14,16). The van der Waals surface area contributed by atoms with Gasteiger partial charge in [0.05, 0.1) is 11.1 Å². The largest absolute Gasteiger partial charge is 0.360 e. The van der Waals surface area contributed by atoms with Gasteiger partial charge in [0, 0.05) is 24.8 Å². The minimum Gasteiger partial charge on any atom is -0.360 e. The molecule has 2 rings (SSSR count). The molecule has 0 bridgehead atoms. The minimum atomic E-state index is -0.590. The number of nitro groups is 1. The van der Waals surface area contributed by atoms with Gasteiger partial charge in [0.2, 0.25) is 11.6 Å². The summed E-state index contributed by atoms with van der Waals surface area (Å²) in [5.41, 5.74) is 3.77. The van der Waals surface area contributed by atoms with Gasteiger partial charge in [-0.15, -0.1) is 0 Å². The first-order valence-corrected chi connectivity index (χ1v) is 5.72. The second-order valence-electron chi connectivity index (χ2n) is 4.05. The molecule has 0 aliphatic carbocycles. The summed E-state index contributed by atoms with van der Waals surface area (Å²) in [7, 11) is 1.82. The van der Waals surface area contributed by atoms with Gasteiger partial charge < -0.3 is 10.7 Å². The lowest BCUT2D eigenvalue weighted by molar-refractivity contribution is -0.383. The SMILES string of the molecule is Cc1c(CNc2ncnc(NN)c2[N+](=O)[O-])cnn1C. The van der Waals surface area contributed by atoms with Gasteiger partial charge in [-0.05, 0) is 6.92 Å². The molecule has 0 saturated heterocycles. The van der Waals surface area contributed by atoms with Gasteiger partial charge in [0.25, 0.3) is 0 Å². The molecule has 106 valence electrons. The summed E-state index contributed by atoms with van der Waals surface area (Å²) >= 11 is 0. The molecule has 0 aromatic carbocycles. The minimum absolute atomic E-state index is 0.0459. The van der Waals surface area contributed by atoms with E-state index in [-0.39, 0.29) is 17.3 Å². The Morgan fingerprint density at radius 3 is 2.70 bits per heavy atom. The number of aryl methyl sites for hydroxylation is 1. The van der Waals surface area contributed by atoms with Crippen LogP contribution in [0.1, 0.15) is 11.3 Å². The summed E-state index contributed by atoms with van der Waals surface area (Å²) in [6, 6.07) is 0. The number of hydrogen-bond donors (Lipinski definition) is 3. The summed E-state index contributed by atoms with van der Waals surface area (Å²) < 4.78 is 1.72. The quantitative estimate of drug-likeness (QED) is 0.404. The lowest BCUT2D eigenvalue weighted by atomic mass is 10.2. The maximum atomic E-state index is 11.1. The van der Waals surface area contributed by atoms with Crippen LogP contribution in [-0.2, 0) is 13.6 Å². The number of hydrazine groups is 1. The van der Waals surface area contributed by atoms with Crippen LogP contribution in [0.2, 0.25) is 0 Å². The topological polar surface area (TPSA) is 137 Å². The van der Waals surface area contributed by atoms with E-state index < -0.39 is 4.92 Å². The first-order chi connectivity index (χ1) is 9.54. The van der Waals surface area contributed by atoms with Crippen LogP contribution >= 0.6 is 0 Å². The molecule has 0 aliphatic heterocycles. The van der Waals surface area contributed by atoms with E-state index in [0.29, 0.717) is 6.54 Å². The van der Waals surface area contributed by atoms with Crippen LogP contribution in [0.3, 0.4) is 0 Å². The van der Waals surface area contributed by atoms with Crippen LogP contribution in [0.25, 0.3) is 0 Å². The zero-order valence-electron chi connectivity index (χ0n) is 11.0. The maximum absolute atomic E-state index is 11.1. The fraction of sp³-hybridized carbons (Fsp3) is 0.300. The molecule has 0 spiro atoms. The number of rotatable bonds is 5. The Kier molecular flexibility index (Phi) is 3.75. The van der Waals surface area contributed by atoms with E-state index in [2.05, 4.69) is 25.8 Å². The molecular formula is C10H14N8O2. The molecule has 0 fully saturated rings. The summed E-state index contributed by atoms with van der Waals surface area (Å²) in [5, 5.41) is 18.1. The molecule has 0 unspecified atom stereocenters. The number of hydrogen-bond acceptors (Lipinski definition) is 8. The van der Waals surface area contributed by atoms with Crippen molar-refractivity contribution in [2.24, 2.45) is 12.9 Å². The van der Waals surface area contributed by atoms with Crippen molar-refractivity contribution in [2.45, 2.75) is 13.5 Å². The van der Waals surface area contributed by atoms with E-state index >= 15 is 0 Å². The third kappa shape index (κ3) is 2.49. The van der Waals surface area contributed by atoms with Gasteiger partial charge in [0.15, 0.2) is 0 Å². The Bertz CT molecular complexity index is 638. The van der Waals surface area contributed by atoms with Crippen molar-refractivity contribution in [2.75, 3.05) is 10.7 Å². The van der Waals surface area contributed by atoms with E-state index in [1.165, 1.54) is 6.33 Å². The van der Waals surface area contributed by atoms with E-state index in [4.69, 9.17) is 5.84 Å². The highest BCUT2D eigenvalue weighted by Gasteiger charge is 2.22. The van der Waals surface area contributed by atoms with Crippen LogP contribution in [0, 0.1) is 17.0 Å². The van der Waals surface area contributed by atoms with E-state index in [9.17, 15) is 10.1 Å². The highest BCUT2D eigenvalue weighted by atomic mass is 16.6. The van der Waals surface area contributed by atoms with Gasteiger partial charge in [-0.1, -0.05) is 0 Å². The lowest BCUT2D eigenvalue weighted by Crippen LogP contribution is -2.13. The van der Waals surface area contributed by atoms with Crippen molar-refractivity contribution in [3.05, 3.63) is 33.9 Å². The molecule has 0 amide bonds. The van der Waals surface area contributed by atoms with Crippen LogP contribution in [-0.4, -0.2) is 24.7 Å². The molecule has 2 aromatic heterocycles. The third-order valence-corrected chi connectivity index (χ3v) is 2.92. The molecule has 2 aromatic rings. The van der Waals surface area contributed by atoms with Gasteiger partial charge in [-0.25, -0.2) is 15.8 Å². The Balaban J connectivity index is 2.25. The molecule has 4 N–H and O–H groups in total. The number of nitrogens with zero attached hydrogens (tertiary/aromatic N) is 5. The van der Waals surface area contributed by atoms with Gasteiger partial charge >= 0.3 is 5.69 Å². The molecule has 2 heterocycles. The molecule has 0 saturated carbocycles. The summed E-state index contributed by atoms with van der Waals surface area (Å²) in [6.07, 6.45) is 2.89. The number of nitrogen functional groups attached to an aromatic ring is 1. The van der Waals surface area contributed by atoms with Crippen molar-refractivity contribution in [1.29, 1.82) is 0 Å². The first kappa shape index (κ1) is 13.7. The van der Waals surface area contributed by atoms with Crippen molar-refractivity contribution in [3.8, 4) is 0 Å². The Labute approximate surface area is 114 Å². The monoisotopic (exact) mass is 278 g/mol. The number of anilines is 2. The van der Waals surface area contributed by atoms with Crippen LogP contribution in [0.5, 0.6) is 0 Å². The Morgan fingerprint density at radius 1 is 1.45 bits per heavy atom. The molecule has 10 heteroatoms. The van der Waals surface area contributed by atoms with Crippen molar-refractivity contribution in [3.63, 3.8) is 0 Å². The summed E-state index contributed by atoms with van der Waals surface area (Å²) in [4.78, 5) is 18.1. The molecule has 0 radical (unpaired) electrons. The van der Waals surface area contributed by atoms with Crippen molar-refractivity contribution in [1.82, 2.24) is 19.7 Å². The van der Waals surface area contributed by atoms with Gasteiger partial charge in [-0.2, -0.15) is 5.10 Å². The van der Waals surface area contributed by atoms with Crippen LogP contribution < -0.4 is 16.6 Å². The molecule has 10 nitrogen and oxygen atoms in total. The average Bonchev–Trinajstić information content (AvgIpc) is 2.75. The van der Waals surface area contributed by atoms with E-state index in [0.717, 1.165) is 11.3 Å². The number of nitrogens with one attached hydrogen (secondary N) is 2. The van der Waals surface area contributed by atoms with Gasteiger partial charge in [-0.3, -0.25) is 14.8 Å². The van der Waals surface area contributed by atoms with E-state index in [1.54, 1.807) is 10.9 Å². The fourth-order valence-electron chi connectivity index (χ4n) is 1.68. The predicted octanol–water partition coefficient (Wildman–Crippen LogP) is 0.324. The Morgan fingerprint density at radius 2 is 2.15 bits per heavy atom. The van der Waals surface area contributed by atoms with Crippen LogP contribution in [0.4, 0.5) is 17.3 Å². The molecule has 20 heavy (non-hydrogen) atoms. The predicted molar refractivity (Wildman–Crippen MR) is 71.8 cm³/mol. The van der Waals surface area contributed by atoms with E-state index in [1.807, 2.05) is 14.0 Å². The lowest BCUT2D eigenvalue weighted by Gasteiger charge is -2.07. The fourth-order valence-corrected chi connectivity index (χ4v) is 1.68. The van der Waals surface area contributed by atoms with Gasteiger partial charge in [0.1, 0.15) is 6.33 Å². The third-order valence-electron chi connectivity index (χ3n) is 2.92. The normalized spacial score (nSPS) is 10.3. The number of nitrogens with two attached hydrogens (primary N) is 1. The molecular weight excluding hydrogens is 264 g/mol. The zero-order valence-corrected chi connectivity index (χ0v) is 11.0.